The third kappa shape index (κ3) is 3.26. The normalized spacial score (nSPS) is 53.5. The SMILES string of the molecule is C[C@H]1O[C@H](O[C@@H]2[C@@H](O)[C@H](O)O[C@H](CO)[C@H]2O)[C@H](O)[C@@H](O)[C@H]1O. The Kier molecular flexibility index (Phi) is 5.72. The molecule has 22 heavy (non-hydrogen) atoms. The maximum atomic E-state index is 9.99. The molecule has 0 aliphatic carbocycles. The molecule has 130 valence electrons. The van der Waals surface area contributed by atoms with E-state index in [2.05, 4.69) is 0 Å². The van der Waals surface area contributed by atoms with Crippen LogP contribution >= 0.6 is 0 Å². The molecular weight excluding hydrogens is 304 g/mol. The van der Waals surface area contributed by atoms with Crippen LogP contribution in [-0.4, -0.2) is 104 Å². The molecule has 2 aliphatic heterocycles. The maximum Gasteiger partial charge on any atom is 0.187 e. The van der Waals surface area contributed by atoms with E-state index in [9.17, 15) is 30.6 Å². The lowest BCUT2D eigenvalue weighted by molar-refractivity contribution is -0.352. The van der Waals surface area contributed by atoms with Crippen LogP contribution in [0.2, 0.25) is 0 Å². The Labute approximate surface area is 126 Å². The van der Waals surface area contributed by atoms with E-state index in [-0.39, 0.29) is 0 Å². The van der Waals surface area contributed by atoms with Crippen molar-refractivity contribution in [3.05, 3.63) is 0 Å². The summed E-state index contributed by atoms with van der Waals surface area (Å²) in [6, 6.07) is 0. The number of aliphatic hydroxyl groups is 7. The third-order valence-corrected chi connectivity index (χ3v) is 3.94. The number of ether oxygens (including phenoxy) is 3. The van der Waals surface area contributed by atoms with Crippen LogP contribution in [0.1, 0.15) is 6.92 Å². The Hall–Kier alpha value is -0.400. The van der Waals surface area contributed by atoms with Crippen LogP contribution in [-0.2, 0) is 14.2 Å². The van der Waals surface area contributed by atoms with Gasteiger partial charge in [0.1, 0.15) is 42.7 Å². The fraction of sp³-hybridized carbons (Fsp3) is 1.00. The number of hydrogen-bond donors (Lipinski definition) is 7. The molecule has 0 aromatic carbocycles. The predicted molar refractivity (Wildman–Crippen MR) is 67.2 cm³/mol. The molecule has 10 heteroatoms. The molecule has 2 aliphatic rings. The molecular formula is C12H22O10. The molecule has 10 nitrogen and oxygen atoms in total. The Morgan fingerprint density at radius 1 is 0.818 bits per heavy atom. The fourth-order valence-electron chi connectivity index (χ4n) is 2.51. The maximum absolute atomic E-state index is 9.99. The van der Waals surface area contributed by atoms with E-state index in [1.165, 1.54) is 6.92 Å². The Morgan fingerprint density at radius 3 is 2.05 bits per heavy atom. The van der Waals surface area contributed by atoms with Gasteiger partial charge in [0.25, 0.3) is 0 Å². The molecule has 2 saturated heterocycles. The summed E-state index contributed by atoms with van der Waals surface area (Å²) in [5.74, 6) is 0. The molecule has 0 saturated carbocycles. The van der Waals surface area contributed by atoms with Crippen molar-refractivity contribution < 1.29 is 50.0 Å². The van der Waals surface area contributed by atoms with Gasteiger partial charge in [-0.1, -0.05) is 0 Å². The molecule has 2 heterocycles. The highest BCUT2D eigenvalue weighted by Crippen LogP contribution is 2.28. The third-order valence-electron chi connectivity index (χ3n) is 3.94. The molecule has 2 rings (SSSR count). The summed E-state index contributed by atoms with van der Waals surface area (Å²) < 4.78 is 15.3. The van der Waals surface area contributed by atoms with Gasteiger partial charge in [0.05, 0.1) is 12.7 Å². The van der Waals surface area contributed by atoms with Crippen LogP contribution in [0.15, 0.2) is 0 Å². The minimum absolute atomic E-state index is 0.628. The van der Waals surface area contributed by atoms with Gasteiger partial charge in [0.2, 0.25) is 0 Å². The van der Waals surface area contributed by atoms with E-state index in [0.29, 0.717) is 0 Å². The Morgan fingerprint density at radius 2 is 1.45 bits per heavy atom. The van der Waals surface area contributed by atoms with Crippen molar-refractivity contribution in [2.75, 3.05) is 6.61 Å². The lowest BCUT2D eigenvalue weighted by Gasteiger charge is -2.44. The largest absolute Gasteiger partial charge is 0.394 e. The van der Waals surface area contributed by atoms with E-state index < -0.39 is 68.0 Å². The van der Waals surface area contributed by atoms with E-state index >= 15 is 0 Å². The van der Waals surface area contributed by atoms with Crippen molar-refractivity contribution in [2.45, 2.75) is 68.3 Å². The van der Waals surface area contributed by atoms with Crippen molar-refractivity contribution >= 4 is 0 Å². The Bertz CT molecular complexity index is 368. The smallest absolute Gasteiger partial charge is 0.187 e. The van der Waals surface area contributed by atoms with Crippen LogP contribution in [0.3, 0.4) is 0 Å². The highest BCUT2D eigenvalue weighted by atomic mass is 16.7. The number of aliphatic hydroxyl groups excluding tert-OH is 7. The van der Waals surface area contributed by atoms with Crippen molar-refractivity contribution in [1.29, 1.82) is 0 Å². The second-order valence-electron chi connectivity index (χ2n) is 5.51. The van der Waals surface area contributed by atoms with E-state index in [4.69, 9.17) is 19.3 Å². The summed E-state index contributed by atoms with van der Waals surface area (Å²) in [5, 5.41) is 67.6. The average molecular weight is 326 g/mol. The van der Waals surface area contributed by atoms with Crippen LogP contribution in [0.4, 0.5) is 0 Å². The molecule has 7 N–H and O–H groups in total. The molecule has 0 aromatic heterocycles. The second kappa shape index (κ2) is 7.01. The molecule has 0 aromatic rings. The van der Waals surface area contributed by atoms with Gasteiger partial charge < -0.3 is 50.0 Å². The van der Waals surface area contributed by atoms with Crippen LogP contribution in [0, 0.1) is 0 Å². The minimum atomic E-state index is -1.71. The van der Waals surface area contributed by atoms with E-state index in [1.54, 1.807) is 0 Å². The van der Waals surface area contributed by atoms with Crippen molar-refractivity contribution in [3.63, 3.8) is 0 Å². The first kappa shape index (κ1) is 17.9. The zero-order valence-electron chi connectivity index (χ0n) is 11.8. The number of rotatable bonds is 3. The first-order chi connectivity index (χ1) is 10.3. The monoisotopic (exact) mass is 326 g/mol. The van der Waals surface area contributed by atoms with E-state index in [0.717, 1.165) is 0 Å². The van der Waals surface area contributed by atoms with Crippen molar-refractivity contribution in [2.24, 2.45) is 0 Å². The Balaban J connectivity index is 2.10. The summed E-state index contributed by atoms with van der Waals surface area (Å²) in [4.78, 5) is 0. The minimum Gasteiger partial charge on any atom is -0.394 e. The fourth-order valence-corrected chi connectivity index (χ4v) is 2.51. The van der Waals surface area contributed by atoms with Gasteiger partial charge >= 0.3 is 0 Å². The zero-order chi connectivity index (χ0) is 16.6. The van der Waals surface area contributed by atoms with Crippen molar-refractivity contribution in [1.82, 2.24) is 0 Å². The molecule has 0 spiro atoms. The predicted octanol–water partition coefficient (Wildman–Crippen LogP) is -4.37. The van der Waals surface area contributed by atoms with Gasteiger partial charge in [-0.2, -0.15) is 0 Å². The van der Waals surface area contributed by atoms with Gasteiger partial charge in [0.15, 0.2) is 12.6 Å². The molecule has 10 atom stereocenters. The van der Waals surface area contributed by atoms with Gasteiger partial charge in [-0.25, -0.2) is 0 Å². The van der Waals surface area contributed by atoms with Gasteiger partial charge in [-0.3, -0.25) is 0 Å². The van der Waals surface area contributed by atoms with Gasteiger partial charge in [0, 0.05) is 0 Å². The van der Waals surface area contributed by atoms with Crippen LogP contribution in [0.25, 0.3) is 0 Å². The average Bonchev–Trinajstić information content (AvgIpc) is 2.50. The molecule has 0 bridgehead atoms. The van der Waals surface area contributed by atoms with E-state index in [1.807, 2.05) is 0 Å². The molecule has 0 unspecified atom stereocenters. The highest BCUT2D eigenvalue weighted by molar-refractivity contribution is 4.93. The molecule has 0 radical (unpaired) electrons. The zero-order valence-corrected chi connectivity index (χ0v) is 11.8. The van der Waals surface area contributed by atoms with Crippen LogP contribution < -0.4 is 0 Å². The topological polar surface area (TPSA) is 169 Å². The summed E-state index contributed by atoms with van der Waals surface area (Å²) in [5.41, 5.74) is 0. The van der Waals surface area contributed by atoms with Gasteiger partial charge in [-0.15, -0.1) is 0 Å². The molecule has 2 fully saturated rings. The quantitative estimate of drug-likeness (QED) is 0.269. The van der Waals surface area contributed by atoms with Gasteiger partial charge in [-0.05, 0) is 6.92 Å². The first-order valence-electron chi connectivity index (χ1n) is 6.93. The summed E-state index contributed by atoms with van der Waals surface area (Å²) in [6.07, 6.45) is -14.3. The molecule has 0 amide bonds. The summed E-state index contributed by atoms with van der Waals surface area (Å²) >= 11 is 0. The highest BCUT2D eigenvalue weighted by Gasteiger charge is 2.49. The number of hydrogen-bond acceptors (Lipinski definition) is 10. The summed E-state index contributed by atoms with van der Waals surface area (Å²) in [6.45, 7) is 0.814. The lowest BCUT2D eigenvalue weighted by Crippen LogP contribution is -2.63. The first-order valence-corrected chi connectivity index (χ1v) is 6.93. The second-order valence-corrected chi connectivity index (χ2v) is 5.51. The van der Waals surface area contributed by atoms with Crippen LogP contribution in [0.5, 0.6) is 0 Å². The standard InChI is InChI=1S/C12H22O10/c1-3-5(14)7(16)8(17)12(20-3)22-10-6(15)4(2-13)21-11(19)9(10)18/h3-19H,2H2,1H3/t3-,4-,5+,6-,7+,8-,9-,10+,11-,12-/m1/s1. The summed E-state index contributed by atoms with van der Waals surface area (Å²) in [7, 11) is 0. The lowest BCUT2D eigenvalue weighted by atomic mass is 9.97. The van der Waals surface area contributed by atoms with Crippen molar-refractivity contribution in [3.8, 4) is 0 Å².